The standard InChI is InChI=1S/C13H20N2O3/c1-6-7-13(8-9(2)3)10(16)14(4)12(18)15(5)11(13)17/h6,9H,1,7-8H2,2-5H3. The van der Waals surface area contributed by atoms with Gasteiger partial charge in [-0.05, 0) is 18.8 Å². The molecule has 0 saturated carbocycles. The van der Waals surface area contributed by atoms with Gasteiger partial charge in [0.1, 0.15) is 5.41 Å². The molecule has 4 amide bonds. The molecule has 0 aliphatic carbocycles. The van der Waals surface area contributed by atoms with Gasteiger partial charge in [-0.3, -0.25) is 19.4 Å². The summed E-state index contributed by atoms with van der Waals surface area (Å²) < 4.78 is 0. The third-order valence-electron chi connectivity index (χ3n) is 3.25. The smallest absolute Gasteiger partial charge is 0.273 e. The van der Waals surface area contributed by atoms with Crippen molar-refractivity contribution in [3.63, 3.8) is 0 Å². The molecule has 1 fully saturated rings. The van der Waals surface area contributed by atoms with Gasteiger partial charge in [-0.1, -0.05) is 19.9 Å². The zero-order valence-electron chi connectivity index (χ0n) is 11.4. The fourth-order valence-electron chi connectivity index (χ4n) is 2.51. The van der Waals surface area contributed by atoms with Gasteiger partial charge in [0.05, 0.1) is 0 Å². The fourth-order valence-corrected chi connectivity index (χ4v) is 2.51. The molecular weight excluding hydrogens is 232 g/mol. The van der Waals surface area contributed by atoms with E-state index in [-0.39, 0.29) is 12.3 Å². The van der Waals surface area contributed by atoms with Crippen molar-refractivity contribution < 1.29 is 14.4 Å². The number of carbonyl (C=O) groups is 3. The van der Waals surface area contributed by atoms with E-state index in [1.165, 1.54) is 14.1 Å². The summed E-state index contributed by atoms with van der Waals surface area (Å²) in [4.78, 5) is 38.4. The third kappa shape index (κ3) is 2.05. The van der Waals surface area contributed by atoms with E-state index in [9.17, 15) is 14.4 Å². The van der Waals surface area contributed by atoms with Crippen molar-refractivity contribution in [3.05, 3.63) is 12.7 Å². The van der Waals surface area contributed by atoms with Crippen LogP contribution in [-0.2, 0) is 9.59 Å². The first-order valence-electron chi connectivity index (χ1n) is 5.99. The minimum absolute atomic E-state index is 0.174. The Morgan fingerprint density at radius 3 is 1.94 bits per heavy atom. The predicted octanol–water partition coefficient (Wildman–Crippen LogP) is 1.65. The van der Waals surface area contributed by atoms with Crippen LogP contribution in [0.1, 0.15) is 26.7 Å². The van der Waals surface area contributed by atoms with E-state index in [4.69, 9.17) is 0 Å². The highest BCUT2D eigenvalue weighted by Gasteiger charge is 2.54. The monoisotopic (exact) mass is 252 g/mol. The van der Waals surface area contributed by atoms with Crippen LogP contribution in [0.25, 0.3) is 0 Å². The van der Waals surface area contributed by atoms with E-state index in [1.54, 1.807) is 6.08 Å². The number of carbonyl (C=O) groups excluding carboxylic acids is 3. The van der Waals surface area contributed by atoms with Crippen molar-refractivity contribution in [2.24, 2.45) is 11.3 Å². The van der Waals surface area contributed by atoms with Gasteiger partial charge in [0.15, 0.2) is 0 Å². The Hall–Kier alpha value is -1.65. The van der Waals surface area contributed by atoms with Crippen molar-refractivity contribution >= 4 is 17.8 Å². The molecule has 1 aliphatic heterocycles. The van der Waals surface area contributed by atoms with Crippen LogP contribution in [0.15, 0.2) is 12.7 Å². The first-order chi connectivity index (χ1) is 8.27. The average molecular weight is 252 g/mol. The van der Waals surface area contributed by atoms with Crippen LogP contribution >= 0.6 is 0 Å². The first-order valence-corrected chi connectivity index (χ1v) is 5.99. The summed E-state index contributed by atoms with van der Waals surface area (Å²) in [5.74, 6) is -0.679. The molecule has 1 aliphatic rings. The van der Waals surface area contributed by atoms with Gasteiger partial charge in [-0.15, -0.1) is 6.58 Å². The van der Waals surface area contributed by atoms with Gasteiger partial charge >= 0.3 is 6.03 Å². The summed E-state index contributed by atoms with van der Waals surface area (Å²) in [6.45, 7) is 7.51. The van der Waals surface area contributed by atoms with Gasteiger partial charge < -0.3 is 0 Å². The first kappa shape index (κ1) is 14.4. The number of barbiturate groups is 1. The molecule has 18 heavy (non-hydrogen) atoms. The number of imide groups is 2. The SMILES string of the molecule is C=CCC1(CC(C)C)C(=O)N(C)C(=O)N(C)C1=O. The minimum Gasteiger partial charge on any atom is -0.273 e. The summed E-state index contributed by atoms with van der Waals surface area (Å²) in [5, 5.41) is 0. The van der Waals surface area contributed by atoms with Crippen molar-refractivity contribution in [1.29, 1.82) is 0 Å². The Morgan fingerprint density at radius 2 is 1.61 bits per heavy atom. The maximum Gasteiger partial charge on any atom is 0.332 e. The number of hydrogen-bond donors (Lipinski definition) is 0. The van der Waals surface area contributed by atoms with E-state index >= 15 is 0 Å². The Morgan fingerprint density at radius 1 is 1.17 bits per heavy atom. The molecule has 0 aromatic carbocycles. The van der Waals surface area contributed by atoms with Crippen LogP contribution in [0.5, 0.6) is 0 Å². The van der Waals surface area contributed by atoms with E-state index in [2.05, 4.69) is 6.58 Å². The van der Waals surface area contributed by atoms with Crippen LogP contribution in [0.2, 0.25) is 0 Å². The Labute approximate surface area is 107 Å². The second-order valence-electron chi connectivity index (χ2n) is 5.18. The molecule has 5 nitrogen and oxygen atoms in total. The molecule has 1 rings (SSSR count). The minimum atomic E-state index is -1.17. The van der Waals surface area contributed by atoms with Crippen molar-refractivity contribution in [1.82, 2.24) is 9.80 Å². The molecule has 1 saturated heterocycles. The fraction of sp³-hybridized carbons (Fsp3) is 0.615. The normalized spacial score (nSPS) is 19.7. The van der Waals surface area contributed by atoms with Crippen LogP contribution in [0, 0.1) is 11.3 Å². The Balaban J connectivity index is 3.28. The lowest BCUT2D eigenvalue weighted by molar-refractivity contribution is -0.158. The second kappa shape index (κ2) is 4.92. The lowest BCUT2D eigenvalue weighted by Crippen LogP contribution is -2.63. The lowest BCUT2D eigenvalue weighted by Gasteiger charge is -2.42. The lowest BCUT2D eigenvalue weighted by atomic mass is 9.74. The number of rotatable bonds is 4. The second-order valence-corrected chi connectivity index (χ2v) is 5.18. The zero-order valence-corrected chi connectivity index (χ0v) is 11.4. The van der Waals surface area contributed by atoms with Gasteiger partial charge in [0.25, 0.3) is 0 Å². The van der Waals surface area contributed by atoms with E-state index in [0.29, 0.717) is 6.42 Å². The highest BCUT2D eigenvalue weighted by molar-refractivity contribution is 6.18. The van der Waals surface area contributed by atoms with E-state index in [1.807, 2.05) is 13.8 Å². The molecule has 0 aromatic heterocycles. The molecular formula is C13H20N2O3. The largest absolute Gasteiger partial charge is 0.332 e. The molecule has 0 spiro atoms. The number of amides is 4. The highest BCUT2D eigenvalue weighted by Crippen LogP contribution is 2.38. The van der Waals surface area contributed by atoms with Crippen LogP contribution in [-0.4, -0.2) is 41.7 Å². The zero-order chi connectivity index (χ0) is 14.1. The maximum absolute atomic E-state index is 12.3. The quantitative estimate of drug-likeness (QED) is 0.564. The van der Waals surface area contributed by atoms with Crippen molar-refractivity contribution in [2.75, 3.05) is 14.1 Å². The maximum atomic E-state index is 12.3. The number of hydrogen-bond acceptors (Lipinski definition) is 3. The van der Waals surface area contributed by atoms with Gasteiger partial charge in [-0.25, -0.2) is 4.79 Å². The molecule has 0 bridgehead atoms. The summed E-state index contributed by atoms with van der Waals surface area (Å²) in [6, 6.07) is -0.576. The molecule has 5 heteroatoms. The van der Waals surface area contributed by atoms with Crippen LogP contribution < -0.4 is 0 Å². The van der Waals surface area contributed by atoms with Gasteiger partial charge in [-0.2, -0.15) is 0 Å². The summed E-state index contributed by atoms with van der Waals surface area (Å²) >= 11 is 0. The van der Waals surface area contributed by atoms with Gasteiger partial charge in [0, 0.05) is 14.1 Å². The Kier molecular flexibility index (Phi) is 3.94. The van der Waals surface area contributed by atoms with E-state index in [0.717, 1.165) is 9.80 Å². The Bertz CT molecular complexity index is 377. The predicted molar refractivity (Wildman–Crippen MR) is 67.6 cm³/mol. The molecule has 0 atom stereocenters. The molecule has 1 heterocycles. The molecule has 0 radical (unpaired) electrons. The van der Waals surface area contributed by atoms with Crippen LogP contribution in [0.4, 0.5) is 4.79 Å². The number of nitrogens with zero attached hydrogens (tertiary/aromatic N) is 2. The van der Waals surface area contributed by atoms with Crippen LogP contribution in [0.3, 0.4) is 0 Å². The third-order valence-corrected chi connectivity index (χ3v) is 3.25. The average Bonchev–Trinajstić information content (AvgIpc) is 2.31. The number of urea groups is 1. The highest BCUT2D eigenvalue weighted by atomic mass is 16.2. The number of allylic oxidation sites excluding steroid dienone is 1. The van der Waals surface area contributed by atoms with Crippen molar-refractivity contribution in [3.8, 4) is 0 Å². The van der Waals surface area contributed by atoms with Gasteiger partial charge in [0.2, 0.25) is 11.8 Å². The summed E-state index contributed by atoms with van der Waals surface area (Å²) in [7, 11) is 2.82. The molecule has 100 valence electrons. The van der Waals surface area contributed by atoms with E-state index < -0.39 is 23.3 Å². The topological polar surface area (TPSA) is 57.7 Å². The molecule has 0 aromatic rings. The molecule has 0 unspecified atom stereocenters. The summed E-state index contributed by atoms with van der Waals surface area (Å²) in [5.41, 5.74) is -1.17. The molecule has 0 N–H and O–H groups in total. The van der Waals surface area contributed by atoms with Crippen molar-refractivity contribution in [2.45, 2.75) is 26.7 Å². The summed E-state index contributed by atoms with van der Waals surface area (Å²) in [6.07, 6.45) is 2.24.